The molecular weight excluding hydrogens is 362 g/mol. The van der Waals surface area contributed by atoms with Crippen molar-refractivity contribution in [2.24, 2.45) is 0 Å². The average molecular weight is 385 g/mol. The second-order valence-electron chi connectivity index (χ2n) is 5.85. The molecule has 26 heavy (non-hydrogen) atoms. The monoisotopic (exact) mass is 385 g/mol. The molecule has 1 saturated heterocycles. The van der Waals surface area contributed by atoms with Crippen LogP contribution in [-0.4, -0.2) is 64.7 Å². The summed E-state index contributed by atoms with van der Waals surface area (Å²) in [6.45, 7) is 2.51. The van der Waals surface area contributed by atoms with Crippen LogP contribution in [0.15, 0.2) is 24.3 Å². The number of methoxy groups -OCH3 is 1. The maximum absolute atomic E-state index is 11.5. The predicted octanol–water partition coefficient (Wildman–Crippen LogP) is 0.305. The molecule has 2 unspecified atom stereocenters. The van der Waals surface area contributed by atoms with Crippen molar-refractivity contribution < 1.29 is 34.0 Å². The Morgan fingerprint density at radius 2 is 1.73 bits per heavy atom. The Balaban J connectivity index is 2.17. The van der Waals surface area contributed by atoms with Gasteiger partial charge < -0.3 is 29.7 Å². The largest absolute Gasteiger partial charge is 0.497 e. The number of amides is 1. The van der Waals surface area contributed by atoms with Crippen LogP contribution in [0, 0.1) is 0 Å². The van der Waals surface area contributed by atoms with Crippen molar-refractivity contribution in [1.82, 2.24) is 5.32 Å². The fourth-order valence-corrected chi connectivity index (χ4v) is 3.92. The van der Waals surface area contributed by atoms with Crippen LogP contribution in [0.3, 0.4) is 0 Å². The van der Waals surface area contributed by atoms with Gasteiger partial charge in [-0.15, -0.1) is 11.8 Å². The van der Waals surface area contributed by atoms with Crippen molar-refractivity contribution in [2.45, 2.75) is 42.8 Å². The number of hydrogen-bond donors (Lipinski definition) is 3. The molecule has 1 aromatic rings. The van der Waals surface area contributed by atoms with Crippen LogP contribution in [0.1, 0.15) is 13.8 Å². The van der Waals surface area contributed by atoms with Crippen molar-refractivity contribution in [3.05, 3.63) is 24.3 Å². The summed E-state index contributed by atoms with van der Waals surface area (Å²) >= 11 is 1.18. The zero-order chi connectivity index (χ0) is 19.3. The van der Waals surface area contributed by atoms with Crippen LogP contribution < -0.4 is 14.8 Å². The molecule has 9 heteroatoms. The third kappa shape index (κ3) is 5.26. The van der Waals surface area contributed by atoms with Crippen LogP contribution in [0.2, 0.25) is 0 Å². The van der Waals surface area contributed by atoms with Crippen molar-refractivity contribution in [2.75, 3.05) is 13.7 Å². The zero-order valence-electron chi connectivity index (χ0n) is 14.7. The molecule has 144 valence electrons. The van der Waals surface area contributed by atoms with E-state index in [9.17, 15) is 19.8 Å². The summed E-state index contributed by atoms with van der Waals surface area (Å²) < 4.78 is 16.0. The van der Waals surface area contributed by atoms with E-state index in [1.165, 1.54) is 25.6 Å². The van der Waals surface area contributed by atoms with Crippen LogP contribution in [0.4, 0.5) is 0 Å². The molecule has 5 atom stereocenters. The van der Waals surface area contributed by atoms with Crippen molar-refractivity contribution >= 4 is 23.6 Å². The number of benzene rings is 1. The van der Waals surface area contributed by atoms with Gasteiger partial charge >= 0.3 is 5.97 Å². The summed E-state index contributed by atoms with van der Waals surface area (Å²) in [4.78, 5) is 22.5. The third-order valence-corrected chi connectivity index (χ3v) is 5.26. The Morgan fingerprint density at radius 3 is 2.27 bits per heavy atom. The highest BCUT2D eigenvalue weighted by atomic mass is 32.2. The number of aliphatic hydroxyl groups is 2. The Labute approximate surface area is 155 Å². The highest BCUT2D eigenvalue weighted by Crippen LogP contribution is 2.35. The normalized spacial score (nSPS) is 28.1. The van der Waals surface area contributed by atoms with Crippen LogP contribution in [0.25, 0.3) is 0 Å². The van der Waals surface area contributed by atoms with E-state index in [1.54, 1.807) is 31.4 Å². The van der Waals surface area contributed by atoms with E-state index in [0.29, 0.717) is 11.5 Å². The number of carbonyl (C=O) groups excluding carboxylic acids is 2. The molecule has 0 aliphatic carbocycles. The minimum Gasteiger partial charge on any atom is -0.497 e. The van der Waals surface area contributed by atoms with Gasteiger partial charge in [-0.2, -0.15) is 0 Å². The summed E-state index contributed by atoms with van der Waals surface area (Å²) in [5.41, 5.74) is -0.689. The summed E-state index contributed by atoms with van der Waals surface area (Å²) in [5, 5.41) is 22.8. The van der Waals surface area contributed by atoms with E-state index in [4.69, 9.17) is 14.2 Å². The maximum Gasteiger partial charge on any atom is 0.302 e. The van der Waals surface area contributed by atoms with Crippen LogP contribution >= 0.6 is 11.8 Å². The molecule has 1 fully saturated rings. The molecule has 1 aliphatic rings. The molecule has 3 N–H and O–H groups in total. The Bertz CT molecular complexity index is 622. The molecular formula is C17H23NO7S. The van der Waals surface area contributed by atoms with E-state index in [0.717, 1.165) is 0 Å². The van der Waals surface area contributed by atoms with Crippen molar-refractivity contribution in [3.63, 3.8) is 0 Å². The van der Waals surface area contributed by atoms with E-state index >= 15 is 0 Å². The summed E-state index contributed by atoms with van der Waals surface area (Å²) in [6.07, 6.45) is -2.46. The number of rotatable bonds is 6. The van der Waals surface area contributed by atoms with E-state index in [-0.39, 0.29) is 12.5 Å². The number of carbonyl (C=O) groups is 2. The van der Waals surface area contributed by atoms with Gasteiger partial charge in [0.1, 0.15) is 30.3 Å². The van der Waals surface area contributed by atoms with Gasteiger partial charge in [0.2, 0.25) is 5.91 Å². The number of ether oxygens (including phenoxy) is 3. The zero-order valence-corrected chi connectivity index (χ0v) is 15.6. The summed E-state index contributed by atoms with van der Waals surface area (Å²) in [6, 6.07) is 6.00. The SMILES string of the molecule is COc1ccc(O[C@@H]2SC(COC(C)=O)[C@@H](O)[C@H](O)C2NC(C)=O)cc1. The van der Waals surface area contributed by atoms with E-state index < -0.39 is 34.9 Å². The molecule has 0 bridgehead atoms. The third-order valence-electron chi connectivity index (χ3n) is 3.83. The highest BCUT2D eigenvalue weighted by molar-refractivity contribution is 8.00. The topological polar surface area (TPSA) is 114 Å². The smallest absolute Gasteiger partial charge is 0.302 e. The average Bonchev–Trinajstić information content (AvgIpc) is 2.60. The maximum atomic E-state index is 11.5. The first-order valence-electron chi connectivity index (χ1n) is 8.04. The predicted molar refractivity (Wildman–Crippen MR) is 95.0 cm³/mol. The molecule has 0 spiro atoms. The molecule has 2 rings (SSSR count). The van der Waals surface area contributed by atoms with Gasteiger partial charge in [-0.3, -0.25) is 9.59 Å². The number of nitrogens with one attached hydrogen (secondary N) is 1. The number of hydrogen-bond acceptors (Lipinski definition) is 8. The first-order valence-corrected chi connectivity index (χ1v) is 8.99. The molecule has 0 radical (unpaired) electrons. The Kier molecular flexibility index (Phi) is 7.13. The number of thioether (sulfide) groups is 1. The first kappa shape index (κ1) is 20.3. The van der Waals surface area contributed by atoms with Gasteiger partial charge in [-0.1, -0.05) is 0 Å². The van der Waals surface area contributed by atoms with Crippen LogP contribution in [0.5, 0.6) is 11.5 Å². The molecule has 1 amide bonds. The van der Waals surface area contributed by atoms with Crippen molar-refractivity contribution in [3.8, 4) is 11.5 Å². The number of esters is 1. The quantitative estimate of drug-likeness (QED) is 0.600. The fourth-order valence-electron chi connectivity index (χ4n) is 2.55. The highest BCUT2D eigenvalue weighted by Gasteiger charge is 2.46. The van der Waals surface area contributed by atoms with E-state index in [1.807, 2.05) is 0 Å². The lowest BCUT2D eigenvalue weighted by atomic mass is 10.0. The Morgan fingerprint density at radius 1 is 1.12 bits per heavy atom. The molecule has 1 heterocycles. The van der Waals surface area contributed by atoms with Gasteiger partial charge in [0, 0.05) is 13.8 Å². The molecule has 0 saturated carbocycles. The second-order valence-corrected chi connectivity index (χ2v) is 7.19. The first-order chi connectivity index (χ1) is 12.3. The fraction of sp³-hybridized carbons (Fsp3) is 0.529. The minimum absolute atomic E-state index is 0.0759. The molecule has 0 aromatic heterocycles. The van der Waals surface area contributed by atoms with E-state index in [2.05, 4.69) is 5.32 Å². The Hall–Kier alpha value is -1.97. The lowest BCUT2D eigenvalue weighted by Gasteiger charge is -2.41. The van der Waals surface area contributed by atoms with Crippen LogP contribution in [-0.2, 0) is 14.3 Å². The van der Waals surface area contributed by atoms with Gasteiger partial charge in [-0.25, -0.2) is 0 Å². The molecule has 1 aromatic carbocycles. The minimum atomic E-state index is -1.27. The van der Waals surface area contributed by atoms with Gasteiger partial charge in [0.25, 0.3) is 0 Å². The number of aliphatic hydroxyl groups excluding tert-OH is 2. The van der Waals surface area contributed by atoms with Gasteiger partial charge in [0.05, 0.1) is 18.5 Å². The standard InChI is InChI=1S/C17H23NO7S/c1-9(19)18-14-16(22)15(21)13(8-24-10(2)20)26-17(14)25-12-6-4-11(23-3)5-7-12/h4-7,13-17,21-22H,8H2,1-3H3,(H,18,19)/t13?,14?,15-,16-,17-/m1/s1. The van der Waals surface area contributed by atoms with Gasteiger partial charge in [0.15, 0.2) is 5.44 Å². The lowest BCUT2D eigenvalue weighted by molar-refractivity contribution is -0.142. The molecule has 1 aliphatic heterocycles. The summed E-state index contributed by atoms with van der Waals surface area (Å²) in [5.74, 6) is 0.330. The van der Waals surface area contributed by atoms with Crippen molar-refractivity contribution in [1.29, 1.82) is 0 Å². The van der Waals surface area contributed by atoms with Gasteiger partial charge in [-0.05, 0) is 24.3 Å². The summed E-state index contributed by atoms with van der Waals surface area (Å²) in [7, 11) is 1.55. The lowest BCUT2D eigenvalue weighted by Crippen LogP contribution is -2.61. The molecule has 8 nitrogen and oxygen atoms in total. The second kappa shape index (κ2) is 9.11.